The number of nitrogens with one attached hydrogen (secondary N) is 1. The van der Waals surface area contributed by atoms with E-state index >= 15 is 0 Å². The fraction of sp³-hybridized carbons (Fsp3) is 0.667. The molecule has 0 aliphatic heterocycles. The molecule has 0 radical (unpaired) electrons. The van der Waals surface area contributed by atoms with E-state index in [4.69, 9.17) is 5.11 Å². The van der Waals surface area contributed by atoms with Gasteiger partial charge < -0.3 is 10.4 Å². The summed E-state index contributed by atoms with van der Waals surface area (Å²) in [7, 11) is 0. The summed E-state index contributed by atoms with van der Waals surface area (Å²) in [4.78, 5) is 14.9. The largest absolute Gasteiger partial charge is 0.481 e. The Morgan fingerprint density at radius 3 is 2.82 bits per heavy atom. The molecule has 0 saturated carbocycles. The lowest BCUT2D eigenvalue weighted by Gasteiger charge is -2.27. The summed E-state index contributed by atoms with van der Waals surface area (Å²) in [6.07, 6.45) is 1.80. The monoisotopic (exact) mass is 256 g/mol. The molecule has 0 aromatic carbocycles. The fourth-order valence-electron chi connectivity index (χ4n) is 1.56. The molecular weight excluding hydrogens is 236 g/mol. The molecule has 0 aliphatic carbocycles. The Balaban J connectivity index is 2.54. The normalized spacial score (nSPS) is 14.5. The van der Waals surface area contributed by atoms with E-state index in [0.29, 0.717) is 13.0 Å². The smallest absolute Gasteiger partial charge is 0.303 e. The Kier molecular flexibility index (Phi) is 5.08. The van der Waals surface area contributed by atoms with E-state index in [9.17, 15) is 4.79 Å². The molecule has 0 fully saturated rings. The van der Waals surface area contributed by atoms with Gasteiger partial charge in [0.15, 0.2) is 0 Å². The second-order valence-corrected chi connectivity index (χ2v) is 5.26. The fourth-order valence-corrected chi connectivity index (χ4v) is 2.57. The van der Waals surface area contributed by atoms with Crippen LogP contribution in [0.4, 0.5) is 0 Å². The molecule has 2 N–H and O–H groups in total. The maximum absolute atomic E-state index is 10.4. The van der Waals surface area contributed by atoms with Gasteiger partial charge in [-0.2, -0.15) is 0 Å². The summed E-state index contributed by atoms with van der Waals surface area (Å²) >= 11 is 1.66. The molecule has 0 amide bonds. The number of carboxylic acids is 1. The van der Waals surface area contributed by atoms with Crippen LogP contribution in [0.25, 0.3) is 0 Å². The standard InChI is InChI=1S/C12H20N2O2S/c1-4-12(3,11-14-9(2)8-17-11)13-7-5-6-10(15)16/h8,13H,4-7H2,1-3H3,(H,15,16)/t12-/m1/s1. The zero-order valence-corrected chi connectivity index (χ0v) is 11.4. The molecule has 0 unspecified atom stereocenters. The molecule has 1 atom stereocenters. The van der Waals surface area contributed by atoms with Crippen LogP contribution in [0, 0.1) is 6.92 Å². The lowest BCUT2D eigenvalue weighted by molar-refractivity contribution is -0.137. The van der Waals surface area contributed by atoms with E-state index in [0.717, 1.165) is 17.1 Å². The van der Waals surface area contributed by atoms with E-state index < -0.39 is 5.97 Å². The minimum Gasteiger partial charge on any atom is -0.481 e. The van der Waals surface area contributed by atoms with E-state index in [1.54, 1.807) is 11.3 Å². The molecule has 0 spiro atoms. The summed E-state index contributed by atoms with van der Waals surface area (Å²) in [5.41, 5.74) is 0.897. The van der Waals surface area contributed by atoms with Gasteiger partial charge >= 0.3 is 5.97 Å². The number of carboxylic acid groups (broad SMARTS) is 1. The molecule has 0 aliphatic rings. The third kappa shape index (κ3) is 4.09. The van der Waals surface area contributed by atoms with Crippen LogP contribution in [-0.2, 0) is 10.3 Å². The zero-order valence-electron chi connectivity index (χ0n) is 10.6. The number of hydrogen-bond donors (Lipinski definition) is 2. The molecule has 1 rings (SSSR count). The number of nitrogens with zero attached hydrogens (tertiary/aromatic N) is 1. The third-order valence-corrected chi connectivity index (χ3v) is 4.10. The van der Waals surface area contributed by atoms with Crippen molar-refractivity contribution < 1.29 is 9.90 Å². The Hall–Kier alpha value is -0.940. The minimum atomic E-state index is -0.741. The van der Waals surface area contributed by atoms with Crippen molar-refractivity contribution in [2.24, 2.45) is 0 Å². The van der Waals surface area contributed by atoms with Crippen molar-refractivity contribution in [2.45, 2.75) is 45.6 Å². The Bertz CT molecular complexity index is 378. The van der Waals surface area contributed by atoms with E-state index in [-0.39, 0.29) is 12.0 Å². The van der Waals surface area contributed by atoms with Gasteiger partial charge in [0.05, 0.1) is 5.54 Å². The number of aromatic nitrogens is 1. The average Bonchev–Trinajstić information content (AvgIpc) is 2.71. The maximum Gasteiger partial charge on any atom is 0.303 e. The minimum absolute atomic E-state index is 0.141. The van der Waals surface area contributed by atoms with Crippen molar-refractivity contribution in [1.82, 2.24) is 10.3 Å². The number of aryl methyl sites for hydroxylation is 1. The first-order valence-electron chi connectivity index (χ1n) is 5.87. The van der Waals surface area contributed by atoms with Crippen LogP contribution in [0.2, 0.25) is 0 Å². The molecule has 4 nitrogen and oxygen atoms in total. The highest BCUT2D eigenvalue weighted by atomic mass is 32.1. The Labute approximate surface area is 106 Å². The van der Waals surface area contributed by atoms with Crippen LogP contribution < -0.4 is 5.32 Å². The van der Waals surface area contributed by atoms with Crippen molar-refractivity contribution in [3.63, 3.8) is 0 Å². The first-order valence-corrected chi connectivity index (χ1v) is 6.75. The highest BCUT2D eigenvalue weighted by molar-refractivity contribution is 7.09. The van der Waals surface area contributed by atoms with Crippen molar-refractivity contribution in [3.05, 3.63) is 16.1 Å². The van der Waals surface area contributed by atoms with Crippen LogP contribution in [-0.4, -0.2) is 22.6 Å². The topological polar surface area (TPSA) is 62.2 Å². The first kappa shape index (κ1) is 14.1. The van der Waals surface area contributed by atoms with Gasteiger partial charge in [-0.25, -0.2) is 4.98 Å². The molecule has 1 aromatic rings. The molecule has 0 saturated heterocycles. The summed E-state index contributed by atoms with van der Waals surface area (Å²) < 4.78 is 0. The number of carbonyl (C=O) groups is 1. The maximum atomic E-state index is 10.4. The van der Waals surface area contributed by atoms with Gasteiger partial charge in [-0.05, 0) is 33.2 Å². The molecule has 5 heteroatoms. The van der Waals surface area contributed by atoms with Crippen molar-refractivity contribution >= 4 is 17.3 Å². The van der Waals surface area contributed by atoms with Gasteiger partial charge in [0, 0.05) is 17.5 Å². The Morgan fingerprint density at radius 2 is 2.35 bits per heavy atom. The van der Waals surface area contributed by atoms with Crippen LogP contribution in [0.1, 0.15) is 43.8 Å². The molecule has 1 aromatic heterocycles. The summed E-state index contributed by atoms with van der Waals surface area (Å²) in [5.74, 6) is -0.741. The van der Waals surface area contributed by atoms with Gasteiger partial charge in [-0.15, -0.1) is 11.3 Å². The number of hydrogen-bond acceptors (Lipinski definition) is 4. The molecule has 96 valence electrons. The second-order valence-electron chi connectivity index (χ2n) is 4.40. The van der Waals surface area contributed by atoms with Crippen molar-refractivity contribution in [3.8, 4) is 0 Å². The van der Waals surface area contributed by atoms with Crippen LogP contribution in [0.5, 0.6) is 0 Å². The molecule has 1 heterocycles. The van der Waals surface area contributed by atoms with Crippen LogP contribution in [0.3, 0.4) is 0 Å². The van der Waals surface area contributed by atoms with Gasteiger partial charge in [-0.3, -0.25) is 4.79 Å². The average molecular weight is 256 g/mol. The van der Waals surface area contributed by atoms with Gasteiger partial charge in [-0.1, -0.05) is 6.92 Å². The predicted molar refractivity (Wildman–Crippen MR) is 69.4 cm³/mol. The number of thiazole rings is 1. The quantitative estimate of drug-likeness (QED) is 0.736. The number of aliphatic carboxylic acids is 1. The van der Waals surface area contributed by atoms with E-state index in [1.165, 1.54) is 0 Å². The highest BCUT2D eigenvalue weighted by Crippen LogP contribution is 2.27. The summed E-state index contributed by atoms with van der Waals surface area (Å²) in [6, 6.07) is 0. The van der Waals surface area contributed by atoms with Gasteiger partial charge in [0.1, 0.15) is 5.01 Å². The van der Waals surface area contributed by atoms with Crippen molar-refractivity contribution in [2.75, 3.05) is 6.54 Å². The van der Waals surface area contributed by atoms with Gasteiger partial charge in [0.2, 0.25) is 0 Å². The zero-order chi connectivity index (χ0) is 12.9. The first-order chi connectivity index (χ1) is 7.98. The molecular formula is C12H20N2O2S. The lowest BCUT2D eigenvalue weighted by atomic mass is 9.99. The SMILES string of the molecule is CC[C@@](C)(NCCCC(=O)O)c1nc(C)cs1. The van der Waals surface area contributed by atoms with Crippen LogP contribution in [0.15, 0.2) is 5.38 Å². The third-order valence-electron chi connectivity index (χ3n) is 2.88. The highest BCUT2D eigenvalue weighted by Gasteiger charge is 2.26. The molecule has 0 bridgehead atoms. The van der Waals surface area contributed by atoms with E-state index in [2.05, 4.69) is 24.1 Å². The predicted octanol–water partition coefficient (Wildman–Crippen LogP) is 2.53. The second kappa shape index (κ2) is 6.12. The van der Waals surface area contributed by atoms with Gasteiger partial charge in [0.25, 0.3) is 0 Å². The number of rotatable bonds is 7. The van der Waals surface area contributed by atoms with E-state index in [1.807, 2.05) is 12.3 Å². The summed E-state index contributed by atoms with van der Waals surface area (Å²) in [6.45, 7) is 6.92. The lowest BCUT2D eigenvalue weighted by Crippen LogP contribution is -2.39. The molecule has 17 heavy (non-hydrogen) atoms. The Morgan fingerprint density at radius 1 is 1.65 bits per heavy atom. The van der Waals surface area contributed by atoms with Crippen molar-refractivity contribution in [1.29, 1.82) is 0 Å². The van der Waals surface area contributed by atoms with Crippen LogP contribution >= 0.6 is 11.3 Å². The summed E-state index contributed by atoms with van der Waals surface area (Å²) in [5, 5.41) is 15.1.